The Morgan fingerprint density at radius 2 is 2.10 bits per heavy atom. The van der Waals surface area contributed by atoms with Crippen LogP contribution in [0.25, 0.3) is 0 Å². The van der Waals surface area contributed by atoms with Crippen LogP contribution in [0.2, 0.25) is 0 Å². The first-order chi connectivity index (χ1) is 10.1. The average molecular weight is 309 g/mol. The summed E-state index contributed by atoms with van der Waals surface area (Å²) in [6.45, 7) is 4.35. The lowest BCUT2D eigenvalue weighted by molar-refractivity contribution is -0.0357. The van der Waals surface area contributed by atoms with E-state index in [1.165, 1.54) is 6.42 Å². The molecule has 1 aromatic carbocycles. The fourth-order valence-electron chi connectivity index (χ4n) is 3.44. The molecule has 0 spiro atoms. The van der Waals surface area contributed by atoms with Crippen molar-refractivity contribution in [2.75, 3.05) is 30.3 Å². The maximum Gasteiger partial charge on any atom is 0.180 e. The number of nitrogens with zero attached hydrogens (tertiary/aromatic N) is 1. The molecule has 0 amide bonds. The summed E-state index contributed by atoms with van der Waals surface area (Å²) in [4.78, 5) is 2.71. The highest BCUT2D eigenvalue weighted by atomic mass is 32.2. The number of para-hydroxylation sites is 1. The molecule has 2 saturated heterocycles. The Bertz CT molecular complexity index is 599. The number of hydrogen-bond acceptors (Lipinski definition) is 4. The molecule has 2 aliphatic rings. The molecular weight excluding hydrogens is 286 g/mol. The molecular formula is C16H23NO3S. The Kier molecular flexibility index (Phi) is 4.22. The average Bonchev–Trinajstić information content (AvgIpc) is 2.54. The van der Waals surface area contributed by atoms with Crippen molar-refractivity contribution in [2.45, 2.75) is 37.2 Å². The van der Waals surface area contributed by atoms with Crippen molar-refractivity contribution in [2.24, 2.45) is 5.92 Å². The first kappa shape index (κ1) is 14.9. The summed E-state index contributed by atoms with van der Waals surface area (Å²) in [5, 5.41) is 0. The number of benzene rings is 1. The molecule has 0 unspecified atom stereocenters. The summed E-state index contributed by atoms with van der Waals surface area (Å²) in [5.74, 6) is 0.678. The monoisotopic (exact) mass is 309 g/mol. The molecule has 0 radical (unpaired) electrons. The lowest BCUT2D eigenvalue weighted by Crippen LogP contribution is -2.46. The maximum atomic E-state index is 12.3. The molecule has 2 fully saturated rings. The Labute approximate surface area is 127 Å². The first-order valence-corrected chi connectivity index (χ1v) is 9.45. The Balaban J connectivity index is 1.88. The van der Waals surface area contributed by atoms with Gasteiger partial charge in [-0.25, -0.2) is 8.42 Å². The molecule has 2 heterocycles. The van der Waals surface area contributed by atoms with Crippen molar-refractivity contribution in [3.05, 3.63) is 24.3 Å². The molecule has 3 rings (SSSR count). The molecule has 0 N–H and O–H groups in total. The summed E-state index contributed by atoms with van der Waals surface area (Å²) in [6, 6.07) is 7.40. The standard InChI is InChI=1S/C16H23NO3S/c1-2-21(18,19)16-8-4-3-7-14(16)17-10-9-15-13(12-17)6-5-11-20-15/h3-4,7-8,13,15H,2,5-6,9-12H2,1H3/t13-,15-/m0/s1. The van der Waals surface area contributed by atoms with E-state index in [2.05, 4.69) is 4.90 Å². The molecule has 0 saturated carbocycles. The van der Waals surface area contributed by atoms with Gasteiger partial charge in [-0.3, -0.25) is 0 Å². The number of sulfone groups is 1. The number of rotatable bonds is 3. The number of hydrogen-bond donors (Lipinski definition) is 0. The van der Waals surface area contributed by atoms with E-state index >= 15 is 0 Å². The van der Waals surface area contributed by atoms with Gasteiger partial charge in [0.2, 0.25) is 0 Å². The zero-order chi connectivity index (χ0) is 14.9. The van der Waals surface area contributed by atoms with E-state index in [1.807, 2.05) is 18.2 Å². The van der Waals surface area contributed by atoms with Crippen LogP contribution in [0.4, 0.5) is 5.69 Å². The molecule has 0 bridgehead atoms. The Hall–Kier alpha value is -1.07. The third-order valence-electron chi connectivity index (χ3n) is 4.64. The molecule has 116 valence electrons. The molecule has 5 heteroatoms. The SMILES string of the molecule is CCS(=O)(=O)c1ccccc1N1CC[C@@H]2OCCC[C@H]2C1. The highest BCUT2D eigenvalue weighted by molar-refractivity contribution is 7.91. The zero-order valence-electron chi connectivity index (χ0n) is 12.5. The van der Waals surface area contributed by atoms with Crippen LogP contribution in [0.5, 0.6) is 0 Å². The Morgan fingerprint density at radius 3 is 2.90 bits per heavy atom. The first-order valence-electron chi connectivity index (χ1n) is 7.80. The van der Waals surface area contributed by atoms with E-state index in [-0.39, 0.29) is 5.75 Å². The fourth-order valence-corrected chi connectivity index (χ4v) is 4.56. The predicted octanol–water partition coefficient (Wildman–Crippen LogP) is 2.49. The number of ether oxygens (including phenoxy) is 1. The van der Waals surface area contributed by atoms with Crippen LogP contribution in [0, 0.1) is 5.92 Å². The minimum Gasteiger partial charge on any atom is -0.378 e. The van der Waals surface area contributed by atoms with E-state index in [9.17, 15) is 8.42 Å². The normalized spacial score (nSPS) is 26.4. The number of anilines is 1. The van der Waals surface area contributed by atoms with Gasteiger partial charge in [0.05, 0.1) is 22.4 Å². The maximum absolute atomic E-state index is 12.3. The summed E-state index contributed by atoms with van der Waals surface area (Å²) < 4.78 is 30.4. The van der Waals surface area contributed by atoms with E-state index in [4.69, 9.17) is 4.74 Å². The minimum absolute atomic E-state index is 0.146. The molecule has 0 aliphatic carbocycles. The van der Waals surface area contributed by atoms with Crippen molar-refractivity contribution in [3.63, 3.8) is 0 Å². The summed E-state index contributed by atoms with van der Waals surface area (Å²) in [6.07, 6.45) is 3.66. The van der Waals surface area contributed by atoms with Gasteiger partial charge in [0.1, 0.15) is 0 Å². The van der Waals surface area contributed by atoms with E-state index in [0.29, 0.717) is 16.9 Å². The van der Waals surface area contributed by atoms with Gasteiger partial charge in [-0.05, 0) is 31.4 Å². The molecule has 4 nitrogen and oxygen atoms in total. The van der Waals surface area contributed by atoms with Gasteiger partial charge in [0, 0.05) is 25.6 Å². The summed E-state index contributed by atoms with van der Waals surface area (Å²) in [5.41, 5.74) is 0.864. The van der Waals surface area contributed by atoms with Gasteiger partial charge >= 0.3 is 0 Å². The minimum atomic E-state index is -3.18. The lowest BCUT2D eigenvalue weighted by Gasteiger charge is -2.42. The molecule has 21 heavy (non-hydrogen) atoms. The molecule has 2 atom stereocenters. The van der Waals surface area contributed by atoms with Crippen molar-refractivity contribution < 1.29 is 13.2 Å². The van der Waals surface area contributed by atoms with Crippen molar-refractivity contribution in [1.29, 1.82) is 0 Å². The van der Waals surface area contributed by atoms with Gasteiger partial charge in [-0.15, -0.1) is 0 Å². The van der Waals surface area contributed by atoms with Gasteiger partial charge in [0.25, 0.3) is 0 Å². The van der Waals surface area contributed by atoms with Crippen LogP contribution in [-0.4, -0.2) is 40.0 Å². The van der Waals surface area contributed by atoms with Crippen LogP contribution in [0.15, 0.2) is 29.2 Å². The highest BCUT2D eigenvalue weighted by Gasteiger charge is 2.33. The van der Waals surface area contributed by atoms with Crippen LogP contribution >= 0.6 is 0 Å². The van der Waals surface area contributed by atoms with E-state index < -0.39 is 9.84 Å². The van der Waals surface area contributed by atoms with Crippen LogP contribution < -0.4 is 4.90 Å². The lowest BCUT2D eigenvalue weighted by atomic mass is 9.88. The van der Waals surface area contributed by atoms with E-state index in [0.717, 1.165) is 38.2 Å². The van der Waals surface area contributed by atoms with Crippen LogP contribution in [0.1, 0.15) is 26.2 Å². The zero-order valence-corrected chi connectivity index (χ0v) is 13.3. The van der Waals surface area contributed by atoms with Crippen molar-refractivity contribution in [3.8, 4) is 0 Å². The van der Waals surface area contributed by atoms with Gasteiger partial charge in [0.15, 0.2) is 9.84 Å². The van der Waals surface area contributed by atoms with Gasteiger partial charge < -0.3 is 9.64 Å². The summed E-state index contributed by atoms with van der Waals surface area (Å²) in [7, 11) is -3.18. The predicted molar refractivity (Wildman–Crippen MR) is 83.5 cm³/mol. The fraction of sp³-hybridized carbons (Fsp3) is 0.625. The largest absolute Gasteiger partial charge is 0.378 e. The highest BCUT2D eigenvalue weighted by Crippen LogP contribution is 2.34. The van der Waals surface area contributed by atoms with Gasteiger partial charge in [-0.2, -0.15) is 0 Å². The Morgan fingerprint density at radius 1 is 1.29 bits per heavy atom. The quantitative estimate of drug-likeness (QED) is 0.860. The van der Waals surface area contributed by atoms with Crippen molar-refractivity contribution in [1.82, 2.24) is 0 Å². The van der Waals surface area contributed by atoms with Gasteiger partial charge in [-0.1, -0.05) is 19.1 Å². The second-order valence-electron chi connectivity index (χ2n) is 5.92. The third-order valence-corrected chi connectivity index (χ3v) is 6.41. The topological polar surface area (TPSA) is 46.6 Å². The number of piperidine rings is 1. The summed E-state index contributed by atoms with van der Waals surface area (Å²) >= 11 is 0. The molecule has 0 aromatic heterocycles. The van der Waals surface area contributed by atoms with Crippen molar-refractivity contribution >= 4 is 15.5 Å². The molecule has 1 aromatic rings. The number of fused-ring (bicyclic) bond motifs is 1. The second kappa shape index (κ2) is 5.97. The third kappa shape index (κ3) is 2.94. The smallest absolute Gasteiger partial charge is 0.180 e. The van der Waals surface area contributed by atoms with E-state index in [1.54, 1.807) is 13.0 Å². The van der Waals surface area contributed by atoms with Crippen LogP contribution in [-0.2, 0) is 14.6 Å². The van der Waals surface area contributed by atoms with Crippen LogP contribution in [0.3, 0.4) is 0 Å². The second-order valence-corrected chi connectivity index (χ2v) is 8.16. The molecule has 2 aliphatic heterocycles.